The van der Waals surface area contributed by atoms with Crippen LogP contribution in [0, 0.1) is 0 Å². The van der Waals surface area contributed by atoms with E-state index in [2.05, 4.69) is 5.32 Å². The van der Waals surface area contributed by atoms with E-state index in [9.17, 15) is 18.0 Å². The summed E-state index contributed by atoms with van der Waals surface area (Å²) >= 11 is 0. The molecule has 1 saturated heterocycles. The third-order valence-corrected chi connectivity index (χ3v) is 4.26. The van der Waals surface area contributed by atoms with Crippen molar-refractivity contribution >= 4 is 5.91 Å². The zero-order valence-corrected chi connectivity index (χ0v) is 11.5. The third-order valence-electron chi connectivity index (χ3n) is 4.26. The van der Waals surface area contributed by atoms with Crippen molar-refractivity contribution in [3.05, 3.63) is 35.4 Å². The predicted molar refractivity (Wildman–Crippen MR) is 71.3 cm³/mol. The lowest BCUT2D eigenvalue weighted by atomic mass is 10.1. The SMILES string of the molecule is O=C1CNC(c2cccc(C(F)(F)F)c2)N1C1CCCC1. The van der Waals surface area contributed by atoms with Gasteiger partial charge in [0, 0.05) is 6.04 Å². The van der Waals surface area contributed by atoms with Crippen LogP contribution in [-0.2, 0) is 11.0 Å². The van der Waals surface area contributed by atoms with Crippen molar-refractivity contribution in [3.8, 4) is 0 Å². The number of amides is 1. The van der Waals surface area contributed by atoms with Crippen molar-refractivity contribution in [2.75, 3.05) is 6.54 Å². The number of rotatable bonds is 2. The minimum Gasteiger partial charge on any atom is -0.319 e. The Bertz CT molecular complexity index is 538. The smallest absolute Gasteiger partial charge is 0.319 e. The standard InChI is InChI=1S/C15H17F3N2O/c16-15(17,18)11-5-3-4-10(8-11)14-19-9-13(21)20(14)12-6-1-2-7-12/h3-5,8,12,14,19H,1-2,6-7,9H2. The second kappa shape index (κ2) is 5.33. The van der Waals surface area contributed by atoms with E-state index in [4.69, 9.17) is 0 Å². The predicted octanol–water partition coefficient (Wildman–Crippen LogP) is 3.08. The molecule has 1 N–H and O–H groups in total. The lowest BCUT2D eigenvalue weighted by Crippen LogP contribution is -2.38. The molecular formula is C15H17F3N2O. The number of benzene rings is 1. The minimum atomic E-state index is -4.36. The van der Waals surface area contributed by atoms with Crippen molar-refractivity contribution in [1.29, 1.82) is 0 Å². The van der Waals surface area contributed by atoms with Crippen molar-refractivity contribution in [3.63, 3.8) is 0 Å². The summed E-state index contributed by atoms with van der Waals surface area (Å²) in [6, 6.07) is 5.38. The van der Waals surface area contributed by atoms with E-state index in [0.717, 1.165) is 37.8 Å². The molecular weight excluding hydrogens is 281 g/mol. The molecule has 0 radical (unpaired) electrons. The lowest BCUT2D eigenvalue weighted by molar-refractivity contribution is -0.137. The van der Waals surface area contributed by atoms with E-state index >= 15 is 0 Å². The van der Waals surface area contributed by atoms with Gasteiger partial charge in [0.25, 0.3) is 0 Å². The summed E-state index contributed by atoms with van der Waals surface area (Å²) in [5.41, 5.74) is -0.171. The quantitative estimate of drug-likeness (QED) is 0.910. The maximum absolute atomic E-state index is 12.8. The van der Waals surface area contributed by atoms with Crippen LogP contribution < -0.4 is 5.32 Å². The van der Waals surface area contributed by atoms with Gasteiger partial charge < -0.3 is 4.90 Å². The molecule has 1 heterocycles. The largest absolute Gasteiger partial charge is 0.416 e. The van der Waals surface area contributed by atoms with Gasteiger partial charge in [-0.25, -0.2) is 0 Å². The van der Waals surface area contributed by atoms with E-state index in [1.54, 1.807) is 11.0 Å². The number of hydrogen-bond donors (Lipinski definition) is 1. The molecule has 6 heteroatoms. The van der Waals surface area contributed by atoms with Crippen molar-refractivity contribution < 1.29 is 18.0 Å². The highest BCUT2D eigenvalue weighted by Gasteiger charge is 2.39. The summed E-state index contributed by atoms with van der Waals surface area (Å²) in [5, 5.41) is 3.04. The highest BCUT2D eigenvalue weighted by atomic mass is 19.4. The molecule has 1 aliphatic carbocycles. The van der Waals surface area contributed by atoms with Gasteiger partial charge in [0.1, 0.15) is 6.17 Å². The number of nitrogens with zero attached hydrogens (tertiary/aromatic N) is 1. The highest BCUT2D eigenvalue weighted by molar-refractivity contribution is 5.81. The topological polar surface area (TPSA) is 32.3 Å². The summed E-state index contributed by atoms with van der Waals surface area (Å²) in [7, 11) is 0. The van der Waals surface area contributed by atoms with Gasteiger partial charge in [-0.15, -0.1) is 0 Å². The molecule has 1 amide bonds. The molecule has 1 aromatic rings. The Hall–Kier alpha value is -1.56. The molecule has 0 spiro atoms. The Labute approximate surface area is 121 Å². The molecule has 21 heavy (non-hydrogen) atoms. The summed E-state index contributed by atoms with van der Waals surface area (Å²) in [5.74, 6) is -0.0238. The Morgan fingerprint density at radius 3 is 2.57 bits per heavy atom. The molecule has 1 saturated carbocycles. The first-order valence-electron chi connectivity index (χ1n) is 7.18. The van der Waals surface area contributed by atoms with E-state index in [-0.39, 0.29) is 18.5 Å². The van der Waals surface area contributed by atoms with Crippen LogP contribution in [0.2, 0.25) is 0 Å². The van der Waals surface area contributed by atoms with E-state index in [1.807, 2.05) is 0 Å². The van der Waals surface area contributed by atoms with Crippen LogP contribution in [0.3, 0.4) is 0 Å². The zero-order valence-electron chi connectivity index (χ0n) is 11.5. The number of nitrogens with one attached hydrogen (secondary N) is 1. The maximum Gasteiger partial charge on any atom is 0.416 e. The van der Waals surface area contributed by atoms with Gasteiger partial charge in [0.05, 0.1) is 12.1 Å². The van der Waals surface area contributed by atoms with Crippen LogP contribution >= 0.6 is 0 Å². The molecule has 1 aliphatic heterocycles. The molecule has 3 nitrogen and oxygen atoms in total. The van der Waals surface area contributed by atoms with Crippen molar-refractivity contribution in [2.24, 2.45) is 0 Å². The summed E-state index contributed by atoms with van der Waals surface area (Å²) in [4.78, 5) is 13.8. The van der Waals surface area contributed by atoms with E-state index < -0.39 is 17.9 Å². The van der Waals surface area contributed by atoms with Crippen molar-refractivity contribution in [2.45, 2.75) is 44.1 Å². The van der Waals surface area contributed by atoms with E-state index in [0.29, 0.717) is 5.56 Å². The molecule has 1 aromatic carbocycles. The fourth-order valence-corrected chi connectivity index (χ4v) is 3.28. The fourth-order valence-electron chi connectivity index (χ4n) is 3.28. The summed E-state index contributed by atoms with van der Waals surface area (Å²) in [6.07, 6.45) is -0.793. The molecule has 2 fully saturated rings. The average Bonchev–Trinajstić information content (AvgIpc) is 3.06. The Balaban J connectivity index is 1.90. The molecule has 1 unspecified atom stereocenters. The minimum absolute atomic E-state index is 0.0238. The average molecular weight is 298 g/mol. The summed E-state index contributed by atoms with van der Waals surface area (Å²) < 4.78 is 38.5. The summed E-state index contributed by atoms with van der Waals surface area (Å²) in [6.45, 7) is 0.192. The van der Waals surface area contributed by atoms with Gasteiger partial charge >= 0.3 is 6.18 Å². The van der Waals surface area contributed by atoms with Gasteiger partial charge in [-0.2, -0.15) is 13.2 Å². The molecule has 2 aliphatic rings. The third kappa shape index (κ3) is 2.77. The first-order chi connectivity index (χ1) is 9.97. The van der Waals surface area contributed by atoms with Crippen molar-refractivity contribution in [1.82, 2.24) is 10.2 Å². The number of alkyl halides is 3. The first-order valence-corrected chi connectivity index (χ1v) is 7.18. The fraction of sp³-hybridized carbons (Fsp3) is 0.533. The number of carbonyl (C=O) groups is 1. The van der Waals surface area contributed by atoms with E-state index in [1.165, 1.54) is 6.07 Å². The van der Waals surface area contributed by atoms with Gasteiger partial charge in [-0.1, -0.05) is 25.0 Å². The molecule has 3 rings (SSSR count). The monoisotopic (exact) mass is 298 g/mol. The Morgan fingerprint density at radius 2 is 1.90 bits per heavy atom. The number of carbonyl (C=O) groups excluding carboxylic acids is 1. The number of halogens is 3. The van der Waals surface area contributed by atoms with Crippen LogP contribution in [0.15, 0.2) is 24.3 Å². The van der Waals surface area contributed by atoms with Gasteiger partial charge in [0.15, 0.2) is 0 Å². The van der Waals surface area contributed by atoms with Gasteiger partial charge in [-0.05, 0) is 30.5 Å². The first kappa shape index (κ1) is 14.4. The molecule has 0 bridgehead atoms. The lowest BCUT2D eigenvalue weighted by Gasteiger charge is -2.30. The Morgan fingerprint density at radius 1 is 1.19 bits per heavy atom. The zero-order chi connectivity index (χ0) is 15.0. The van der Waals surface area contributed by atoms with Crippen LogP contribution in [0.4, 0.5) is 13.2 Å². The second-order valence-electron chi connectivity index (χ2n) is 5.65. The van der Waals surface area contributed by atoms with Crippen LogP contribution in [0.5, 0.6) is 0 Å². The molecule has 0 aromatic heterocycles. The maximum atomic E-state index is 12.8. The van der Waals surface area contributed by atoms with Crippen LogP contribution in [-0.4, -0.2) is 23.4 Å². The van der Waals surface area contributed by atoms with Crippen LogP contribution in [0.25, 0.3) is 0 Å². The highest BCUT2D eigenvalue weighted by Crippen LogP contribution is 2.35. The molecule has 1 atom stereocenters. The molecule has 114 valence electrons. The van der Waals surface area contributed by atoms with Gasteiger partial charge in [0.2, 0.25) is 5.91 Å². The Kier molecular flexibility index (Phi) is 3.65. The van der Waals surface area contributed by atoms with Crippen LogP contribution in [0.1, 0.15) is 43.0 Å². The second-order valence-corrected chi connectivity index (χ2v) is 5.65. The number of hydrogen-bond acceptors (Lipinski definition) is 2. The normalized spacial score (nSPS) is 24.0. The van der Waals surface area contributed by atoms with Gasteiger partial charge in [-0.3, -0.25) is 10.1 Å².